The molecule has 4 nitrogen and oxygen atoms in total. The summed E-state index contributed by atoms with van der Waals surface area (Å²) in [6.45, 7) is 1.68. The maximum absolute atomic E-state index is 11.6. The molecule has 1 amide bonds. The lowest BCUT2D eigenvalue weighted by atomic mass is 10.1. The van der Waals surface area contributed by atoms with Gasteiger partial charge >= 0.3 is 5.97 Å². The lowest BCUT2D eigenvalue weighted by molar-refractivity contribution is -0.140. The van der Waals surface area contributed by atoms with Crippen molar-refractivity contribution in [3.8, 4) is 0 Å². The summed E-state index contributed by atoms with van der Waals surface area (Å²) >= 11 is 3.27. The normalized spacial score (nSPS) is 11.9. The van der Waals surface area contributed by atoms with E-state index in [2.05, 4.69) is 21.2 Å². The molecule has 0 fully saturated rings. The van der Waals surface area contributed by atoms with Crippen LogP contribution in [0.2, 0.25) is 0 Å². The fraction of sp³-hybridized carbons (Fsp3) is 0.273. The number of nitrogens with one attached hydrogen (secondary N) is 1. The number of aliphatic carboxylic acids is 1. The second-order valence-corrected chi connectivity index (χ2v) is 4.37. The lowest BCUT2D eigenvalue weighted by Crippen LogP contribution is -2.31. The Kier molecular flexibility index (Phi) is 4.49. The predicted octanol–water partition coefficient (Wildman–Crippen LogP) is 1.90. The third-order valence-electron chi connectivity index (χ3n) is 2.10. The SMILES string of the molecule is CC(CNC(=O)c1ccc(Br)cc1)C(=O)O. The van der Waals surface area contributed by atoms with Gasteiger partial charge in [0.25, 0.3) is 5.91 Å². The average Bonchev–Trinajstić information content (AvgIpc) is 2.26. The van der Waals surface area contributed by atoms with Crippen LogP contribution in [0.5, 0.6) is 0 Å². The van der Waals surface area contributed by atoms with Crippen LogP contribution in [0.15, 0.2) is 28.7 Å². The van der Waals surface area contributed by atoms with Gasteiger partial charge in [0, 0.05) is 16.6 Å². The molecular weight excluding hydrogens is 274 g/mol. The van der Waals surface area contributed by atoms with Gasteiger partial charge in [0.15, 0.2) is 0 Å². The first-order chi connectivity index (χ1) is 7.50. The van der Waals surface area contributed by atoms with Crippen LogP contribution in [0.4, 0.5) is 0 Å². The van der Waals surface area contributed by atoms with Crippen LogP contribution >= 0.6 is 15.9 Å². The molecule has 2 N–H and O–H groups in total. The van der Waals surface area contributed by atoms with Crippen molar-refractivity contribution in [1.82, 2.24) is 5.32 Å². The van der Waals surface area contributed by atoms with Crippen molar-refractivity contribution in [1.29, 1.82) is 0 Å². The van der Waals surface area contributed by atoms with Crippen LogP contribution in [0.3, 0.4) is 0 Å². The van der Waals surface area contributed by atoms with Gasteiger partial charge in [-0.2, -0.15) is 0 Å². The lowest BCUT2D eigenvalue weighted by Gasteiger charge is -2.08. The van der Waals surface area contributed by atoms with E-state index in [4.69, 9.17) is 5.11 Å². The van der Waals surface area contributed by atoms with Gasteiger partial charge < -0.3 is 10.4 Å². The highest BCUT2D eigenvalue weighted by molar-refractivity contribution is 9.10. The minimum Gasteiger partial charge on any atom is -0.481 e. The molecule has 0 saturated heterocycles. The summed E-state index contributed by atoms with van der Waals surface area (Å²) in [5, 5.41) is 11.2. The summed E-state index contributed by atoms with van der Waals surface area (Å²) in [5.41, 5.74) is 0.515. The van der Waals surface area contributed by atoms with E-state index in [-0.39, 0.29) is 12.5 Å². The van der Waals surface area contributed by atoms with E-state index in [9.17, 15) is 9.59 Å². The molecule has 1 atom stereocenters. The van der Waals surface area contributed by atoms with Crippen molar-refractivity contribution in [3.63, 3.8) is 0 Å². The topological polar surface area (TPSA) is 66.4 Å². The minimum atomic E-state index is -0.920. The van der Waals surface area contributed by atoms with Gasteiger partial charge in [0.05, 0.1) is 5.92 Å². The molecule has 0 saturated carbocycles. The molecular formula is C11H12BrNO3. The van der Waals surface area contributed by atoms with Crippen molar-refractivity contribution in [2.24, 2.45) is 5.92 Å². The molecule has 86 valence electrons. The first kappa shape index (κ1) is 12.7. The fourth-order valence-electron chi connectivity index (χ4n) is 1.04. The summed E-state index contributed by atoms with van der Waals surface area (Å²) in [7, 11) is 0. The maximum atomic E-state index is 11.6. The molecule has 0 radical (unpaired) electrons. The average molecular weight is 286 g/mol. The second kappa shape index (κ2) is 5.65. The smallest absolute Gasteiger partial charge is 0.308 e. The Morgan fingerprint density at radius 1 is 1.38 bits per heavy atom. The largest absolute Gasteiger partial charge is 0.481 e. The van der Waals surface area contributed by atoms with Gasteiger partial charge in [0.1, 0.15) is 0 Å². The Hall–Kier alpha value is -1.36. The standard InChI is InChI=1S/C11H12BrNO3/c1-7(11(15)16)6-13-10(14)8-2-4-9(12)5-3-8/h2-5,7H,6H2,1H3,(H,13,14)(H,15,16). The number of hydrogen-bond acceptors (Lipinski definition) is 2. The highest BCUT2D eigenvalue weighted by atomic mass is 79.9. The Morgan fingerprint density at radius 2 is 1.94 bits per heavy atom. The Labute approximate surface area is 102 Å². The number of carboxylic acids is 1. The van der Waals surface area contributed by atoms with Crippen LogP contribution in [0, 0.1) is 5.92 Å². The molecule has 16 heavy (non-hydrogen) atoms. The molecule has 0 aliphatic heterocycles. The van der Waals surface area contributed by atoms with E-state index in [1.165, 1.54) is 0 Å². The summed E-state index contributed by atoms with van der Waals surface area (Å²) in [6, 6.07) is 6.86. The molecule has 1 unspecified atom stereocenters. The Bertz CT molecular complexity index is 389. The molecule has 1 aromatic carbocycles. The van der Waals surface area contributed by atoms with E-state index in [1.807, 2.05) is 0 Å². The molecule has 1 aromatic rings. The van der Waals surface area contributed by atoms with E-state index >= 15 is 0 Å². The number of hydrogen-bond donors (Lipinski definition) is 2. The summed E-state index contributed by atoms with van der Waals surface area (Å²) < 4.78 is 0.892. The zero-order chi connectivity index (χ0) is 12.1. The maximum Gasteiger partial charge on any atom is 0.308 e. The zero-order valence-corrected chi connectivity index (χ0v) is 10.3. The third kappa shape index (κ3) is 3.66. The van der Waals surface area contributed by atoms with Crippen molar-refractivity contribution in [2.75, 3.05) is 6.54 Å². The van der Waals surface area contributed by atoms with Crippen molar-refractivity contribution < 1.29 is 14.7 Å². The van der Waals surface area contributed by atoms with Crippen LogP contribution < -0.4 is 5.32 Å². The predicted molar refractivity (Wildman–Crippen MR) is 63.3 cm³/mol. The number of amides is 1. The van der Waals surface area contributed by atoms with Gasteiger partial charge in [-0.3, -0.25) is 9.59 Å². The van der Waals surface area contributed by atoms with Gasteiger partial charge in [-0.25, -0.2) is 0 Å². The summed E-state index contributed by atoms with van der Waals surface area (Å²) in [6.07, 6.45) is 0. The Balaban J connectivity index is 2.53. The highest BCUT2D eigenvalue weighted by Crippen LogP contribution is 2.10. The first-order valence-corrected chi connectivity index (χ1v) is 5.56. The van der Waals surface area contributed by atoms with E-state index in [0.717, 1.165) is 4.47 Å². The quantitative estimate of drug-likeness (QED) is 0.888. The first-order valence-electron chi connectivity index (χ1n) is 4.77. The van der Waals surface area contributed by atoms with Crippen LogP contribution in [-0.4, -0.2) is 23.5 Å². The van der Waals surface area contributed by atoms with Crippen LogP contribution in [0.25, 0.3) is 0 Å². The van der Waals surface area contributed by atoms with Gasteiger partial charge in [-0.1, -0.05) is 22.9 Å². The van der Waals surface area contributed by atoms with Crippen molar-refractivity contribution >= 4 is 27.8 Å². The number of carbonyl (C=O) groups is 2. The number of halogens is 1. The van der Waals surface area contributed by atoms with Crippen LogP contribution in [-0.2, 0) is 4.79 Å². The summed E-state index contributed by atoms with van der Waals surface area (Å²) in [5.74, 6) is -1.77. The molecule has 5 heteroatoms. The minimum absolute atomic E-state index is 0.129. The molecule has 1 rings (SSSR count). The molecule has 0 aromatic heterocycles. The highest BCUT2D eigenvalue weighted by Gasteiger charge is 2.12. The monoisotopic (exact) mass is 285 g/mol. The molecule has 0 aliphatic rings. The third-order valence-corrected chi connectivity index (χ3v) is 2.63. The second-order valence-electron chi connectivity index (χ2n) is 3.46. The van der Waals surface area contributed by atoms with Crippen molar-refractivity contribution in [2.45, 2.75) is 6.92 Å². The molecule has 0 bridgehead atoms. The number of carbonyl (C=O) groups excluding carboxylic acids is 1. The molecule has 0 aliphatic carbocycles. The van der Waals surface area contributed by atoms with Gasteiger partial charge in [-0.15, -0.1) is 0 Å². The van der Waals surface area contributed by atoms with Gasteiger partial charge in [-0.05, 0) is 24.3 Å². The van der Waals surface area contributed by atoms with Crippen molar-refractivity contribution in [3.05, 3.63) is 34.3 Å². The number of carboxylic acid groups (broad SMARTS) is 1. The van der Waals surface area contributed by atoms with E-state index in [0.29, 0.717) is 5.56 Å². The Morgan fingerprint density at radius 3 is 2.44 bits per heavy atom. The van der Waals surface area contributed by atoms with E-state index in [1.54, 1.807) is 31.2 Å². The van der Waals surface area contributed by atoms with Gasteiger partial charge in [0.2, 0.25) is 0 Å². The van der Waals surface area contributed by atoms with Crippen LogP contribution in [0.1, 0.15) is 17.3 Å². The molecule has 0 heterocycles. The number of benzene rings is 1. The summed E-state index contributed by atoms with van der Waals surface area (Å²) in [4.78, 5) is 22.1. The number of rotatable bonds is 4. The fourth-order valence-corrected chi connectivity index (χ4v) is 1.30. The zero-order valence-electron chi connectivity index (χ0n) is 8.74. The van der Waals surface area contributed by atoms with E-state index < -0.39 is 11.9 Å². The molecule has 0 spiro atoms.